The maximum Gasteiger partial charge on any atom is 0.344 e. The van der Waals surface area contributed by atoms with Gasteiger partial charge in [0.1, 0.15) is 11.5 Å². The Morgan fingerprint density at radius 3 is 2.38 bits per heavy atom. The van der Waals surface area contributed by atoms with Crippen LogP contribution in [0, 0.1) is 5.92 Å². The third kappa shape index (κ3) is 7.46. The summed E-state index contributed by atoms with van der Waals surface area (Å²) in [5, 5.41) is 3.44. The number of esters is 1. The number of rotatable bonds is 11. The van der Waals surface area contributed by atoms with Crippen molar-refractivity contribution >= 4 is 17.6 Å². The summed E-state index contributed by atoms with van der Waals surface area (Å²) in [5.74, 6) is 1.82. The summed E-state index contributed by atoms with van der Waals surface area (Å²) in [4.78, 5) is 29.7. The van der Waals surface area contributed by atoms with Crippen LogP contribution in [0.3, 0.4) is 0 Å². The van der Waals surface area contributed by atoms with Gasteiger partial charge in [0.2, 0.25) is 5.91 Å². The number of nitrogens with one attached hydrogen (secondary N) is 1. The van der Waals surface area contributed by atoms with Crippen LogP contribution in [0.15, 0.2) is 48.5 Å². The summed E-state index contributed by atoms with van der Waals surface area (Å²) in [6, 6.07) is 15.1. The molecule has 1 unspecified atom stereocenters. The number of hydrogen-bond donors (Lipinski definition) is 1. The van der Waals surface area contributed by atoms with Gasteiger partial charge in [-0.3, -0.25) is 9.69 Å². The van der Waals surface area contributed by atoms with Crippen molar-refractivity contribution in [3.8, 4) is 11.5 Å². The number of piperidine rings is 1. The Labute approximate surface area is 219 Å². The maximum absolute atomic E-state index is 13.8. The van der Waals surface area contributed by atoms with Crippen LogP contribution in [0.2, 0.25) is 0 Å². The fourth-order valence-corrected chi connectivity index (χ4v) is 5.14. The van der Waals surface area contributed by atoms with Crippen molar-refractivity contribution in [1.82, 2.24) is 10.2 Å². The molecule has 37 heavy (non-hydrogen) atoms. The molecule has 1 N–H and O–H groups in total. The molecule has 0 spiro atoms. The highest BCUT2D eigenvalue weighted by Gasteiger charge is 2.35. The molecule has 2 aromatic carbocycles. The molecule has 2 heterocycles. The van der Waals surface area contributed by atoms with Crippen molar-refractivity contribution in [2.45, 2.75) is 38.6 Å². The van der Waals surface area contributed by atoms with Gasteiger partial charge in [-0.1, -0.05) is 12.1 Å². The number of carbonyl (C=O) groups is 2. The molecule has 0 aliphatic carbocycles. The van der Waals surface area contributed by atoms with Gasteiger partial charge in [-0.15, -0.1) is 0 Å². The Kier molecular flexibility index (Phi) is 9.79. The monoisotopic (exact) mass is 509 g/mol. The van der Waals surface area contributed by atoms with Crippen molar-refractivity contribution in [1.29, 1.82) is 0 Å². The van der Waals surface area contributed by atoms with Gasteiger partial charge in [0, 0.05) is 18.8 Å². The first-order valence-corrected chi connectivity index (χ1v) is 13.3. The highest BCUT2D eigenvalue weighted by atomic mass is 16.6. The van der Waals surface area contributed by atoms with Gasteiger partial charge in [-0.25, -0.2) is 4.79 Å². The van der Waals surface area contributed by atoms with E-state index in [0.717, 1.165) is 55.5 Å². The summed E-state index contributed by atoms with van der Waals surface area (Å²) in [6.45, 7) is 6.55. The van der Waals surface area contributed by atoms with Crippen molar-refractivity contribution in [2.24, 2.45) is 5.92 Å². The van der Waals surface area contributed by atoms with Gasteiger partial charge in [0.15, 0.2) is 6.61 Å². The fraction of sp³-hybridized carbons (Fsp3) is 0.517. The lowest BCUT2D eigenvalue weighted by atomic mass is 9.93. The Balaban J connectivity index is 1.44. The number of piperazine rings is 1. The molecule has 2 fully saturated rings. The van der Waals surface area contributed by atoms with Crippen LogP contribution in [0.4, 0.5) is 5.69 Å². The molecule has 2 aromatic rings. The molecule has 0 bridgehead atoms. The van der Waals surface area contributed by atoms with Crippen LogP contribution in [0.1, 0.15) is 31.7 Å². The minimum absolute atomic E-state index is 0.118. The summed E-state index contributed by atoms with van der Waals surface area (Å²) in [6.07, 6.45) is 4.20. The van der Waals surface area contributed by atoms with E-state index in [1.54, 1.807) is 26.2 Å². The van der Waals surface area contributed by atoms with Crippen LogP contribution in [0.5, 0.6) is 11.5 Å². The molecular formula is C29H39N3O5. The Hall–Kier alpha value is -3.10. The van der Waals surface area contributed by atoms with Crippen molar-refractivity contribution < 1.29 is 23.8 Å². The molecule has 0 saturated carbocycles. The van der Waals surface area contributed by atoms with E-state index in [4.69, 9.17) is 14.2 Å². The predicted octanol–water partition coefficient (Wildman–Crippen LogP) is 3.29. The van der Waals surface area contributed by atoms with Crippen LogP contribution >= 0.6 is 0 Å². The number of nitrogens with zero attached hydrogens (tertiary/aromatic N) is 2. The van der Waals surface area contributed by atoms with E-state index >= 15 is 0 Å². The van der Waals surface area contributed by atoms with Crippen LogP contribution in [-0.4, -0.2) is 75.9 Å². The van der Waals surface area contributed by atoms with Crippen LogP contribution in [-0.2, 0) is 20.7 Å². The fourth-order valence-electron chi connectivity index (χ4n) is 5.14. The molecule has 1 atom stereocenters. The van der Waals surface area contributed by atoms with Crippen LogP contribution in [0.25, 0.3) is 0 Å². The summed E-state index contributed by atoms with van der Waals surface area (Å²) >= 11 is 0. The first-order valence-electron chi connectivity index (χ1n) is 13.3. The van der Waals surface area contributed by atoms with Crippen molar-refractivity contribution in [3.05, 3.63) is 54.1 Å². The Morgan fingerprint density at radius 1 is 1.00 bits per heavy atom. The van der Waals surface area contributed by atoms with E-state index in [2.05, 4.69) is 10.2 Å². The van der Waals surface area contributed by atoms with E-state index in [1.165, 1.54) is 12.8 Å². The third-order valence-corrected chi connectivity index (χ3v) is 7.28. The van der Waals surface area contributed by atoms with E-state index in [-0.39, 0.29) is 18.6 Å². The average molecular weight is 510 g/mol. The highest BCUT2D eigenvalue weighted by Crippen LogP contribution is 2.27. The van der Waals surface area contributed by atoms with Gasteiger partial charge in [0.25, 0.3) is 0 Å². The zero-order chi connectivity index (χ0) is 26.0. The second kappa shape index (κ2) is 13.4. The van der Waals surface area contributed by atoms with E-state index in [9.17, 15) is 9.59 Å². The molecular weight excluding hydrogens is 470 g/mol. The second-order valence-corrected chi connectivity index (χ2v) is 9.66. The molecule has 2 saturated heterocycles. The number of anilines is 1. The molecule has 2 aliphatic heterocycles. The smallest absolute Gasteiger partial charge is 0.344 e. The van der Waals surface area contributed by atoms with E-state index < -0.39 is 5.97 Å². The van der Waals surface area contributed by atoms with E-state index in [1.807, 2.05) is 41.3 Å². The van der Waals surface area contributed by atoms with Gasteiger partial charge in [-0.2, -0.15) is 0 Å². The predicted molar refractivity (Wildman–Crippen MR) is 143 cm³/mol. The van der Waals surface area contributed by atoms with Gasteiger partial charge in [-0.05, 0) is 100 Å². The SMILES string of the molecule is CCOC(=O)COc1ccc(N2CCN(CCC3CCNCC3)C(Cc3ccc(OC)cc3)C2=O)cc1. The molecule has 8 heteroatoms. The van der Waals surface area contributed by atoms with Gasteiger partial charge < -0.3 is 24.4 Å². The van der Waals surface area contributed by atoms with E-state index in [0.29, 0.717) is 25.3 Å². The second-order valence-electron chi connectivity index (χ2n) is 9.66. The molecule has 0 aromatic heterocycles. The Bertz CT molecular complexity index is 1010. The van der Waals surface area contributed by atoms with Crippen molar-refractivity contribution in [2.75, 3.05) is 57.9 Å². The lowest BCUT2D eigenvalue weighted by molar-refractivity contribution is -0.145. The number of ether oxygens (including phenoxy) is 3. The lowest BCUT2D eigenvalue weighted by Crippen LogP contribution is -2.58. The molecule has 0 radical (unpaired) electrons. The molecule has 4 rings (SSSR count). The first kappa shape index (κ1) is 26.9. The largest absolute Gasteiger partial charge is 0.497 e. The highest BCUT2D eigenvalue weighted by molar-refractivity contribution is 5.98. The van der Waals surface area contributed by atoms with Crippen molar-refractivity contribution in [3.63, 3.8) is 0 Å². The number of carbonyl (C=O) groups excluding carboxylic acids is 2. The number of methoxy groups -OCH3 is 1. The third-order valence-electron chi connectivity index (χ3n) is 7.28. The number of amides is 1. The molecule has 200 valence electrons. The lowest BCUT2D eigenvalue weighted by Gasteiger charge is -2.41. The molecule has 8 nitrogen and oxygen atoms in total. The minimum atomic E-state index is -0.399. The summed E-state index contributed by atoms with van der Waals surface area (Å²) in [7, 11) is 1.66. The number of benzene rings is 2. The first-order chi connectivity index (χ1) is 18.1. The van der Waals surface area contributed by atoms with Gasteiger partial charge >= 0.3 is 5.97 Å². The Morgan fingerprint density at radius 2 is 1.70 bits per heavy atom. The normalized spacial score (nSPS) is 19.0. The average Bonchev–Trinajstić information content (AvgIpc) is 2.94. The summed E-state index contributed by atoms with van der Waals surface area (Å²) < 4.78 is 15.7. The standard InChI is InChI=1S/C29H39N3O5/c1-3-36-28(33)21-37-26-10-6-24(7-11-26)32-19-18-31(17-14-22-12-15-30-16-13-22)27(29(32)34)20-23-4-8-25(35-2)9-5-23/h4-11,22,27,30H,3,12-21H2,1-2H3. The molecule has 2 aliphatic rings. The maximum atomic E-state index is 13.8. The van der Waals surface area contributed by atoms with Crippen LogP contribution < -0.4 is 19.7 Å². The topological polar surface area (TPSA) is 80.3 Å². The quantitative estimate of drug-likeness (QED) is 0.466. The minimum Gasteiger partial charge on any atom is -0.497 e. The summed E-state index contributed by atoms with van der Waals surface area (Å²) in [5.41, 5.74) is 1.96. The molecule has 1 amide bonds. The number of hydrogen-bond acceptors (Lipinski definition) is 7. The zero-order valence-corrected chi connectivity index (χ0v) is 22.0. The zero-order valence-electron chi connectivity index (χ0n) is 22.0. The van der Waals surface area contributed by atoms with Gasteiger partial charge in [0.05, 0.1) is 19.8 Å².